The van der Waals surface area contributed by atoms with Crippen LogP contribution in [0.5, 0.6) is 0 Å². The van der Waals surface area contributed by atoms with Crippen LogP contribution in [0, 0.1) is 0 Å². The second-order valence-corrected chi connectivity index (χ2v) is 4.80. The topological polar surface area (TPSA) is 86.7 Å². The van der Waals surface area contributed by atoms with E-state index in [1.54, 1.807) is 0 Å². The molecule has 0 aliphatic heterocycles. The Hall–Kier alpha value is -1.11. The molecule has 0 aromatic carbocycles. The monoisotopic (exact) mass is 294 g/mol. The molecule has 0 amide bonds. The molecule has 0 aromatic heterocycles. The first kappa shape index (κ1) is 17.9. The Bertz CT molecular complexity index is 329. The van der Waals surface area contributed by atoms with Crippen molar-refractivity contribution in [1.82, 2.24) is 0 Å². The lowest BCUT2D eigenvalue weighted by atomic mass is 10.1. The van der Waals surface area contributed by atoms with Gasteiger partial charge in [-0.25, -0.2) is 0 Å². The summed E-state index contributed by atoms with van der Waals surface area (Å²) in [5.41, 5.74) is 0. The number of esters is 1. The summed E-state index contributed by atoms with van der Waals surface area (Å²) in [5.74, 6) is -1.45. The number of hydrogen-bond acceptors (Lipinski definition) is 6. The van der Waals surface area contributed by atoms with Gasteiger partial charge in [0.1, 0.15) is 0 Å². The summed E-state index contributed by atoms with van der Waals surface area (Å²) < 4.78 is 28.9. The van der Waals surface area contributed by atoms with Crippen molar-refractivity contribution < 1.29 is 26.9 Å². The van der Waals surface area contributed by atoms with Gasteiger partial charge in [0.2, 0.25) is 0 Å². The normalized spacial score (nSPS) is 10.4. The van der Waals surface area contributed by atoms with Gasteiger partial charge >= 0.3 is 22.9 Å². The minimum absolute atomic E-state index is 0.155. The number of carbonyl (C=O) groups excluding carboxylic acids is 2. The highest BCUT2D eigenvalue weighted by molar-refractivity contribution is 7.67. The zero-order valence-electron chi connectivity index (χ0n) is 11.3. The van der Waals surface area contributed by atoms with Crippen molar-refractivity contribution in [2.45, 2.75) is 58.3 Å². The molecule has 0 saturated carbocycles. The average molecular weight is 294 g/mol. The Labute approximate surface area is 115 Å². The summed E-state index contributed by atoms with van der Waals surface area (Å²) in [4.78, 5) is 22.0. The molecule has 0 N–H and O–H groups in total. The van der Waals surface area contributed by atoms with Crippen molar-refractivity contribution in [2.75, 3.05) is 6.61 Å². The average Bonchev–Trinajstić information content (AvgIpc) is 2.34. The van der Waals surface area contributed by atoms with Crippen molar-refractivity contribution in [3.63, 3.8) is 0 Å². The lowest BCUT2D eigenvalue weighted by Gasteiger charge is -2.04. The van der Waals surface area contributed by atoms with Crippen LogP contribution >= 0.6 is 0 Å². The van der Waals surface area contributed by atoms with Gasteiger partial charge in [-0.3, -0.25) is 9.59 Å². The van der Waals surface area contributed by atoms with Crippen LogP contribution in [-0.2, 0) is 29.5 Å². The Kier molecular flexibility index (Phi) is 11.3. The van der Waals surface area contributed by atoms with Gasteiger partial charge in [0, 0.05) is 0 Å². The molecular formula is C12H22O6S. The van der Waals surface area contributed by atoms with Gasteiger partial charge in [0.05, 0.1) is 19.4 Å². The van der Waals surface area contributed by atoms with E-state index in [-0.39, 0.29) is 12.8 Å². The number of carbonyl (C=O) groups is 2. The summed E-state index contributed by atoms with van der Waals surface area (Å²) >= 11 is 0. The van der Waals surface area contributed by atoms with Gasteiger partial charge in [0.25, 0.3) is 0 Å². The molecule has 0 spiro atoms. The highest BCUT2D eigenvalue weighted by Crippen LogP contribution is 2.05. The highest BCUT2D eigenvalue weighted by atomic mass is 32.2. The molecule has 112 valence electrons. The van der Waals surface area contributed by atoms with Crippen LogP contribution in [0.3, 0.4) is 0 Å². The second kappa shape index (κ2) is 12.0. The molecule has 0 aliphatic carbocycles. The highest BCUT2D eigenvalue weighted by Gasteiger charge is 2.09. The molecule has 0 unspecified atom stereocenters. The van der Waals surface area contributed by atoms with Crippen molar-refractivity contribution >= 4 is 22.9 Å². The Morgan fingerprint density at radius 3 is 2.11 bits per heavy atom. The largest absolute Gasteiger partial charge is 0.466 e. The SMILES string of the molecule is CCCCCCCCOC(=O)CCC(=O)O[SH](=O)=O. The van der Waals surface area contributed by atoms with E-state index in [9.17, 15) is 18.0 Å². The van der Waals surface area contributed by atoms with E-state index in [1.165, 1.54) is 19.3 Å². The van der Waals surface area contributed by atoms with Crippen molar-refractivity contribution in [3.8, 4) is 0 Å². The first-order chi connectivity index (χ1) is 9.06. The smallest absolute Gasteiger partial charge is 0.322 e. The fraction of sp³-hybridized carbons (Fsp3) is 0.833. The van der Waals surface area contributed by atoms with E-state index < -0.39 is 22.9 Å². The molecule has 0 heterocycles. The van der Waals surface area contributed by atoms with Crippen molar-refractivity contribution in [1.29, 1.82) is 0 Å². The van der Waals surface area contributed by atoms with E-state index in [0.29, 0.717) is 6.61 Å². The lowest BCUT2D eigenvalue weighted by molar-refractivity contribution is -0.146. The molecular weight excluding hydrogens is 272 g/mol. The zero-order valence-corrected chi connectivity index (χ0v) is 12.2. The van der Waals surface area contributed by atoms with Gasteiger partial charge in [-0.1, -0.05) is 39.0 Å². The predicted molar refractivity (Wildman–Crippen MR) is 70.0 cm³/mol. The van der Waals surface area contributed by atoms with Crippen LogP contribution in [0.25, 0.3) is 0 Å². The molecule has 0 aromatic rings. The number of thiol groups is 1. The van der Waals surface area contributed by atoms with Crippen LogP contribution in [0.15, 0.2) is 0 Å². The minimum Gasteiger partial charge on any atom is -0.466 e. The van der Waals surface area contributed by atoms with Crippen LogP contribution in [-0.4, -0.2) is 27.0 Å². The third-order valence-corrected chi connectivity index (χ3v) is 2.82. The van der Waals surface area contributed by atoms with E-state index in [1.807, 2.05) is 0 Å². The Balaban J connectivity index is 3.42. The fourth-order valence-electron chi connectivity index (χ4n) is 1.47. The van der Waals surface area contributed by atoms with E-state index in [2.05, 4.69) is 11.1 Å². The molecule has 0 fully saturated rings. The number of rotatable bonds is 11. The van der Waals surface area contributed by atoms with Gasteiger partial charge < -0.3 is 8.92 Å². The summed E-state index contributed by atoms with van der Waals surface area (Å²) in [6.07, 6.45) is 6.15. The summed E-state index contributed by atoms with van der Waals surface area (Å²) in [7, 11) is -3.19. The van der Waals surface area contributed by atoms with Gasteiger partial charge in [-0.2, -0.15) is 8.42 Å². The predicted octanol–water partition coefficient (Wildman–Crippen LogP) is 1.74. The Morgan fingerprint density at radius 1 is 0.895 bits per heavy atom. The van der Waals surface area contributed by atoms with Crippen molar-refractivity contribution in [2.24, 2.45) is 0 Å². The third-order valence-electron chi connectivity index (χ3n) is 2.47. The molecule has 19 heavy (non-hydrogen) atoms. The maximum Gasteiger partial charge on any atom is 0.322 e. The maximum atomic E-state index is 11.2. The van der Waals surface area contributed by atoms with Gasteiger partial charge in [-0.05, 0) is 6.42 Å². The minimum atomic E-state index is -3.19. The number of hydrogen-bond donors (Lipinski definition) is 1. The molecule has 7 heteroatoms. The molecule has 0 saturated heterocycles. The van der Waals surface area contributed by atoms with E-state index in [0.717, 1.165) is 19.3 Å². The maximum absolute atomic E-state index is 11.2. The van der Waals surface area contributed by atoms with Crippen LogP contribution in [0.1, 0.15) is 58.3 Å². The quantitative estimate of drug-likeness (QED) is 0.355. The molecule has 0 aliphatic rings. The number of unbranched alkanes of at least 4 members (excludes halogenated alkanes) is 5. The molecule has 0 radical (unpaired) electrons. The second-order valence-electron chi connectivity index (χ2n) is 4.18. The first-order valence-electron chi connectivity index (χ1n) is 6.57. The summed E-state index contributed by atoms with van der Waals surface area (Å²) in [5, 5.41) is 0. The third kappa shape index (κ3) is 13.1. The fourth-order valence-corrected chi connectivity index (χ4v) is 1.73. The standard InChI is InChI=1S/C12H22O6S/c1-2-3-4-5-6-7-10-17-11(13)8-9-12(14)18-19(15)16/h19H,2-10H2,1H3. The Morgan fingerprint density at radius 2 is 1.47 bits per heavy atom. The van der Waals surface area contributed by atoms with Crippen LogP contribution in [0.4, 0.5) is 0 Å². The number of ether oxygens (including phenoxy) is 1. The van der Waals surface area contributed by atoms with Crippen molar-refractivity contribution in [3.05, 3.63) is 0 Å². The summed E-state index contributed by atoms with van der Waals surface area (Å²) in [6.45, 7) is 2.49. The first-order valence-corrected chi connectivity index (χ1v) is 7.66. The van der Waals surface area contributed by atoms with Crippen LogP contribution < -0.4 is 0 Å². The van der Waals surface area contributed by atoms with Gasteiger partial charge in [0.15, 0.2) is 0 Å². The van der Waals surface area contributed by atoms with E-state index in [4.69, 9.17) is 4.74 Å². The lowest BCUT2D eigenvalue weighted by Crippen LogP contribution is -2.10. The van der Waals surface area contributed by atoms with Crippen LogP contribution in [0.2, 0.25) is 0 Å². The molecule has 6 nitrogen and oxygen atoms in total. The molecule has 0 bridgehead atoms. The summed E-state index contributed by atoms with van der Waals surface area (Å²) in [6, 6.07) is 0. The molecule has 0 rings (SSSR count). The zero-order chi connectivity index (χ0) is 14.5. The van der Waals surface area contributed by atoms with E-state index >= 15 is 0 Å². The molecule has 0 atom stereocenters. The van der Waals surface area contributed by atoms with Gasteiger partial charge in [-0.15, -0.1) is 0 Å².